The first-order chi connectivity index (χ1) is 15.7. The highest BCUT2D eigenvalue weighted by atomic mass is 35.5. The molecule has 33 heavy (non-hydrogen) atoms. The number of hydrogen-bond donors (Lipinski definition) is 4. The van der Waals surface area contributed by atoms with E-state index < -0.39 is 35.7 Å². The van der Waals surface area contributed by atoms with Crippen LogP contribution in [0, 0.1) is 11.6 Å². The third-order valence-corrected chi connectivity index (χ3v) is 5.99. The molecule has 1 saturated heterocycles. The van der Waals surface area contributed by atoms with Gasteiger partial charge in [-0.15, -0.1) is 0 Å². The highest BCUT2D eigenvalue weighted by Gasteiger charge is 2.23. The summed E-state index contributed by atoms with van der Waals surface area (Å²) < 4.78 is 37.1. The van der Waals surface area contributed by atoms with Gasteiger partial charge in [0.2, 0.25) is 5.88 Å². The molecular formula is C20H24ClF2N5O4S. The minimum absolute atomic E-state index is 0.0538. The summed E-state index contributed by atoms with van der Waals surface area (Å²) >= 11 is 6.35. The van der Waals surface area contributed by atoms with Crippen LogP contribution in [0.5, 0.6) is 5.88 Å². The van der Waals surface area contributed by atoms with E-state index in [4.69, 9.17) is 22.1 Å². The van der Waals surface area contributed by atoms with Gasteiger partial charge in [-0.05, 0) is 49.5 Å². The van der Waals surface area contributed by atoms with Crippen LogP contribution in [0.15, 0.2) is 12.1 Å². The van der Waals surface area contributed by atoms with Crippen molar-refractivity contribution in [3.8, 4) is 5.88 Å². The van der Waals surface area contributed by atoms with Crippen molar-refractivity contribution in [3.05, 3.63) is 39.9 Å². The van der Waals surface area contributed by atoms with Crippen LogP contribution in [0.4, 0.5) is 18.6 Å². The molecule has 5 N–H and O–H groups in total. The average molecular weight is 504 g/mol. The number of urea groups is 1. The van der Waals surface area contributed by atoms with Gasteiger partial charge in [0.05, 0.1) is 11.7 Å². The quantitative estimate of drug-likeness (QED) is 0.369. The molecule has 0 bridgehead atoms. The van der Waals surface area contributed by atoms with Gasteiger partial charge in [0.25, 0.3) is 5.91 Å². The maximum absolute atomic E-state index is 13.9. The summed E-state index contributed by atoms with van der Waals surface area (Å²) in [6.07, 6.45) is 2.12. The normalized spacial score (nSPS) is 16.1. The molecule has 13 heteroatoms. The Balaban J connectivity index is 1.50. The number of amides is 3. The molecule has 180 valence electrons. The van der Waals surface area contributed by atoms with Crippen LogP contribution in [0.3, 0.4) is 0 Å². The van der Waals surface area contributed by atoms with Crippen LogP contribution in [-0.4, -0.2) is 58.6 Å². The van der Waals surface area contributed by atoms with Crippen molar-refractivity contribution in [3.63, 3.8) is 0 Å². The maximum Gasteiger partial charge on any atom is 0.319 e. The van der Waals surface area contributed by atoms with Gasteiger partial charge in [-0.1, -0.05) is 11.6 Å². The highest BCUT2D eigenvalue weighted by Crippen LogP contribution is 2.31. The zero-order chi connectivity index (χ0) is 24.0. The third-order valence-electron chi connectivity index (χ3n) is 5.03. The number of primary amides is 1. The Morgan fingerprint density at radius 2 is 2.06 bits per heavy atom. The number of nitrogens with two attached hydrogens (primary N) is 1. The monoisotopic (exact) mass is 503 g/mol. The first-order valence-electron chi connectivity index (χ1n) is 10.3. The Morgan fingerprint density at radius 3 is 2.70 bits per heavy atom. The smallest absolute Gasteiger partial charge is 0.319 e. The topological polar surface area (TPSA) is 130 Å². The van der Waals surface area contributed by atoms with Crippen LogP contribution in [0.25, 0.3) is 0 Å². The molecule has 3 amide bonds. The molecule has 2 aromatic rings. The van der Waals surface area contributed by atoms with Crippen molar-refractivity contribution in [2.45, 2.75) is 32.0 Å². The van der Waals surface area contributed by atoms with E-state index in [1.165, 1.54) is 0 Å². The summed E-state index contributed by atoms with van der Waals surface area (Å²) in [6, 6.07) is 1.31. The largest absolute Gasteiger partial charge is 0.471 e. The molecule has 0 aliphatic carbocycles. The van der Waals surface area contributed by atoms with E-state index in [1.807, 2.05) is 0 Å². The van der Waals surface area contributed by atoms with Crippen molar-refractivity contribution in [1.82, 2.24) is 14.6 Å². The molecule has 0 saturated carbocycles. The number of nitrogens with one attached hydrogen (secondary N) is 2. The number of carbonyl (C=O) groups excluding carboxylic acids is 2. The predicted molar refractivity (Wildman–Crippen MR) is 120 cm³/mol. The second-order valence-electron chi connectivity index (χ2n) is 7.52. The fourth-order valence-electron chi connectivity index (χ4n) is 3.35. The van der Waals surface area contributed by atoms with E-state index in [2.05, 4.69) is 19.9 Å². The lowest BCUT2D eigenvalue weighted by atomic mass is 10.2. The molecule has 0 spiro atoms. The Morgan fingerprint density at radius 1 is 1.33 bits per heavy atom. The van der Waals surface area contributed by atoms with Crippen LogP contribution in [-0.2, 0) is 6.61 Å². The number of aliphatic hydroxyl groups excluding tert-OH is 1. The summed E-state index contributed by atoms with van der Waals surface area (Å²) in [5, 5.41) is 14.6. The first-order valence-corrected chi connectivity index (χ1v) is 11.4. The van der Waals surface area contributed by atoms with Crippen LogP contribution < -0.4 is 21.1 Å². The highest BCUT2D eigenvalue weighted by molar-refractivity contribution is 7.11. The number of nitrogens with zero attached hydrogens (tertiary/aromatic N) is 2. The predicted octanol–water partition coefficient (Wildman–Crippen LogP) is 2.72. The fourth-order valence-corrected chi connectivity index (χ4v) is 4.28. The van der Waals surface area contributed by atoms with Gasteiger partial charge in [-0.2, -0.15) is 4.37 Å². The van der Waals surface area contributed by atoms with E-state index in [0.29, 0.717) is 13.1 Å². The van der Waals surface area contributed by atoms with Crippen molar-refractivity contribution in [2.24, 2.45) is 5.73 Å². The van der Waals surface area contributed by atoms with Gasteiger partial charge in [0.15, 0.2) is 0 Å². The molecule has 2 heterocycles. The molecule has 1 fully saturated rings. The second kappa shape index (κ2) is 11.5. The molecule has 1 aromatic heterocycles. The maximum atomic E-state index is 13.9. The number of anilines is 1. The number of ether oxygens (including phenoxy) is 1. The number of β-amino-alcohol motifs (C(OH)–C–C–N with tert-alkyl or cyclic N) is 1. The molecule has 1 aromatic carbocycles. The van der Waals surface area contributed by atoms with Gasteiger partial charge in [-0.3, -0.25) is 10.1 Å². The number of hydrogen-bond acceptors (Lipinski definition) is 7. The molecule has 0 radical (unpaired) electrons. The Bertz CT molecular complexity index is 986. The van der Waals surface area contributed by atoms with Gasteiger partial charge in [0.1, 0.15) is 28.8 Å². The summed E-state index contributed by atoms with van der Waals surface area (Å²) in [4.78, 5) is 26.2. The SMILES string of the molecule is NC(=O)c1c(OCc2c(F)cc(Cl)cc2F)nsc1NC(=O)NCCCCN1CCC(O)C1. The molecule has 1 aliphatic rings. The molecule has 1 atom stereocenters. The number of aromatic nitrogens is 1. The minimum atomic E-state index is -0.918. The van der Waals surface area contributed by atoms with E-state index in [9.17, 15) is 23.5 Å². The molecule has 9 nitrogen and oxygen atoms in total. The van der Waals surface area contributed by atoms with Crippen molar-refractivity contribution in [1.29, 1.82) is 0 Å². The fraction of sp³-hybridized carbons (Fsp3) is 0.450. The zero-order valence-electron chi connectivity index (χ0n) is 17.6. The summed E-state index contributed by atoms with van der Waals surface area (Å²) in [5.41, 5.74) is 4.79. The number of unbranched alkanes of at least 4 members (excludes halogenated alkanes) is 1. The van der Waals surface area contributed by atoms with Gasteiger partial charge in [0, 0.05) is 24.7 Å². The Labute approximate surface area is 198 Å². The Hall–Kier alpha value is -2.54. The zero-order valence-corrected chi connectivity index (χ0v) is 19.1. The average Bonchev–Trinajstić information content (AvgIpc) is 3.32. The van der Waals surface area contributed by atoms with Gasteiger partial charge in [-0.25, -0.2) is 13.6 Å². The molecule has 1 aliphatic heterocycles. The van der Waals surface area contributed by atoms with E-state index in [-0.39, 0.29) is 27.6 Å². The van der Waals surface area contributed by atoms with Crippen molar-refractivity contribution >= 4 is 40.1 Å². The number of carbonyl (C=O) groups is 2. The van der Waals surface area contributed by atoms with Gasteiger partial charge >= 0.3 is 6.03 Å². The van der Waals surface area contributed by atoms with E-state index >= 15 is 0 Å². The lowest BCUT2D eigenvalue weighted by Crippen LogP contribution is -2.31. The summed E-state index contributed by atoms with van der Waals surface area (Å²) in [5.74, 6) is -2.98. The number of halogens is 3. The number of likely N-dealkylation sites (tertiary alicyclic amines) is 1. The summed E-state index contributed by atoms with van der Waals surface area (Å²) in [6.45, 7) is 2.25. The van der Waals surface area contributed by atoms with E-state index in [0.717, 1.165) is 56.0 Å². The lowest BCUT2D eigenvalue weighted by molar-refractivity contribution is 0.0996. The van der Waals surface area contributed by atoms with Crippen molar-refractivity contribution in [2.75, 3.05) is 31.5 Å². The van der Waals surface area contributed by atoms with Crippen molar-refractivity contribution < 1.29 is 28.2 Å². The Kier molecular flexibility index (Phi) is 8.78. The van der Waals surface area contributed by atoms with Crippen LogP contribution in [0.1, 0.15) is 35.2 Å². The van der Waals surface area contributed by atoms with Crippen LogP contribution >= 0.6 is 23.1 Å². The number of rotatable bonds is 10. The molecular weight excluding hydrogens is 480 g/mol. The van der Waals surface area contributed by atoms with E-state index in [1.54, 1.807) is 0 Å². The summed E-state index contributed by atoms with van der Waals surface area (Å²) in [7, 11) is 0. The molecule has 1 unspecified atom stereocenters. The first kappa shape index (κ1) is 25.1. The standard InChI is InChI=1S/C20H24ClF2N5O4S/c21-11-7-14(22)13(15(23)8-11)10-32-18-16(17(24)30)19(33-27-18)26-20(31)25-4-1-2-5-28-6-3-12(29)9-28/h7-8,12,29H,1-6,9-10H2,(H2,24,30)(H2,25,26,31). The second-order valence-corrected chi connectivity index (χ2v) is 8.73. The molecule has 3 rings (SSSR count). The number of aliphatic hydroxyl groups is 1. The van der Waals surface area contributed by atoms with Gasteiger partial charge < -0.3 is 25.8 Å². The lowest BCUT2D eigenvalue weighted by Gasteiger charge is -2.14. The third kappa shape index (κ3) is 6.97. The minimum Gasteiger partial charge on any atom is -0.471 e. The number of benzene rings is 1. The van der Waals surface area contributed by atoms with Crippen LogP contribution in [0.2, 0.25) is 5.02 Å².